The molecule has 0 bridgehead atoms. The van der Waals surface area contributed by atoms with E-state index in [2.05, 4.69) is 0 Å². The Bertz CT molecular complexity index is 345. The molecule has 0 saturated heterocycles. The van der Waals surface area contributed by atoms with Crippen LogP contribution in [0.3, 0.4) is 0 Å². The van der Waals surface area contributed by atoms with Crippen LogP contribution in [0.4, 0.5) is 0 Å². The third-order valence-electron chi connectivity index (χ3n) is 3.40. The van der Waals surface area contributed by atoms with E-state index < -0.39 is 15.1 Å². The fourth-order valence-electron chi connectivity index (χ4n) is 2.57. The molecule has 1 rings (SSSR count). The van der Waals surface area contributed by atoms with Crippen LogP contribution in [-0.4, -0.2) is 62.6 Å². The zero-order chi connectivity index (χ0) is 17.1. The molecule has 0 amide bonds. The van der Waals surface area contributed by atoms with Crippen LogP contribution in [0.2, 0.25) is 0 Å². The standard InChI is InChI=1S/C14H27N3O2.2ClH.Zn/c1-6-19-13(18)11-9-7-8-10-12(11)15-14(16(2)3)17(4)5;;;/h11-12H,6-10H2,1-5H3;2*1H;/q;;;+2/p-2/t11-,12+;;;/m0.../s1. The zero-order valence-electron chi connectivity index (χ0n) is 14.3. The molecule has 0 radical (unpaired) electrons. The topological polar surface area (TPSA) is 45.1 Å². The van der Waals surface area contributed by atoms with Crippen molar-refractivity contribution in [1.82, 2.24) is 9.80 Å². The van der Waals surface area contributed by atoms with E-state index in [1.54, 1.807) is 0 Å². The van der Waals surface area contributed by atoms with Crippen molar-refractivity contribution in [3.63, 3.8) is 0 Å². The van der Waals surface area contributed by atoms with Gasteiger partial charge in [-0.25, -0.2) is 4.99 Å². The SMILES string of the molecule is CCOC(=O)[C@H]1CCCC[C@H]1N=C(N(C)C)N(C)C.[Cl][Zn][Cl]. The number of rotatable bonds is 3. The van der Waals surface area contributed by atoms with Gasteiger partial charge >= 0.3 is 40.5 Å². The van der Waals surface area contributed by atoms with Crippen molar-refractivity contribution < 1.29 is 24.7 Å². The minimum absolute atomic E-state index is 0.0487. The average molecular weight is 406 g/mol. The van der Waals surface area contributed by atoms with Crippen LogP contribution in [-0.2, 0) is 24.7 Å². The van der Waals surface area contributed by atoms with E-state index in [4.69, 9.17) is 29.1 Å². The van der Waals surface area contributed by atoms with E-state index >= 15 is 0 Å². The quantitative estimate of drug-likeness (QED) is 0.313. The number of aliphatic imine (C=N–C) groups is 1. The number of ether oxygens (including phenoxy) is 1. The molecule has 1 fully saturated rings. The van der Waals surface area contributed by atoms with Crippen molar-refractivity contribution in [3.05, 3.63) is 0 Å². The molecule has 0 aromatic heterocycles. The summed E-state index contributed by atoms with van der Waals surface area (Å²) >= 11 is -0.931. The number of hydrogen-bond donors (Lipinski definition) is 0. The van der Waals surface area contributed by atoms with Crippen molar-refractivity contribution in [2.75, 3.05) is 34.8 Å². The second kappa shape index (κ2) is 12.4. The van der Waals surface area contributed by atoms with Gasteiger partial charge in [-0.3, -0.25) is 4.79 Å². The fraction of sp³-hybridized carbons (Fsp3) is 0.857. The van der Waals surface area contributed by atoms with Crippen LogP contribution < -0.4 is 0 Å². The molecule has 126 valence electrons. The predicted molar refractivity (Wildman–Crippen MR) is 88.9 cm³/mol. The normalized spacial score (nSPS) is 20.0. The number of esters is 1. The van der Waals surface area contributed by atoms with E-state index in [1.165, 1.54) is 0 Å². The molecule has 8 heteroatoms. The van der Waals surface area contributed by atoms with E-state index in [9.17, 15) is 4.79 Å². The first-order valence-electron chi connectivity index (χ1n) is 7.59. The summed E-state index contributed by atoms with van der Waals surface area (Å²) in [5, 5.41) is 0. The summed E-state index contributed by atoms with van der Waals surface area (Å²) in [6.07, 6.45) is 4.09. The predicted octanol–water partition coefficient (Wildman–Crippen LogP) is 2.96. The fourth-order valence-corrected chi connectivity index (χ4v) is 2.57. The third-order valence-corrected chi connectivity index (χ3v) is 3.40. The van der Waals surface area contributed by atoms with Crippen molar-refractivity contribution in [2.24, 2.45) is 10.9 Å². The first kappa shape index (κ1) is 21.9. The molecule has 0 N–H and O–H groups in total. The molecule has 5 nitrogen and oxygen atoms in total. The van der Waals surface area contributed by atoms with Crippen LogP contribution in [0.25, 0.3) is 0 Å². The van der Waals surface area contributed by atoms with E-state index in [-0.39, 0.29) is 17.9 Å². The van der Waals surface area contributed by atoms with Gasteiger partial charge in [0.25, 0.3) is 0 Å². The molecule has 1 aliphatic rings. The van der Waals surface area contributed by atoms with Gasteiger partial charge in [0.2, 0.25) is 0 Å². The van der Waals surface area contributed by atoms with Crippen LogP contribution in [0, 0.1) is 5.92 Å². The Balaban J connectivity index is 0.00000135. The summed E-state index contributed by atoms with van der Waals surface area (Å²) in [5.41, 5.74) is 0. The Hall–Kier alpha value is -0.0566. The summed E-state index contributed by atoms with van der Waals surface area (Å²) in [7, 11) is 17.8. The van der Waals surface area contributed by atoms with Gasteiger partial charge in [-0.1, -0.05) is 12.8 Å². The second-order valence-corrected chi connectivity index (χ2v) is 10.2. The van der Waals surface area contributed by atoms with Gasteiger partial charge in [0.05, 0.1) is 18.6 Å². The van der Waals surface area contributed by atoms with Gasteiger partial charge in [-0.15, -0.1) is 0 Å². The second-order valence-electron chi connectivity index (χ2n) is 5.53. The van der Waals surface area contributed by atoms with E-state index in [0.717, 1.165) is 31.6 Å². The van der Waals surface area contributed by atoms with E-state index in [0.29, 0.717) is 6.61 Å². The van der Waals surface area contributed by atoms with Gasteiger partial charge in [0.15, 0.2) is 5.96 Å². The number of nitrogens with zero attached hydrogens (tertiary/aromatic N) is 3. The number of carbonyl (C=O) groups is 1. The first-order chi connectivity index (χ1) is 10.4. The Morgan fingerprint density at radius 2 is 1.68 bits per heavy atom. The minimum atomic E-state index is -0.931. The summed E-state index contributed by atoms with van der Waals surface area (Å²) in [4.78, 5) is 20.8. The summed E-state index contributed by atoms with van der Waals surface area (Å²) in [5.74, 6) is 0.734. The number of carbonyl (C=O) groups excluding carboxylic acids is 1. The molecule has 1 aliphatic carbocycles. The molecular weight excluding hydrogens is 378 g/mol. The van der Waals surface area contributed by atoms with Crippen LogP contribution in [0.15, 0.2) is 4.99 Å². The molecule has 0 aromatic carbocycles. The Morgan fingerprint density at radius 3 is 2.14 bits per heavy atom. The van der Waals surface area contributed by atoms with Gasteiger partial charge in [-0.05, 0) is 19.8 Å². The Kier molecular flexibility index (Phi) is 12.3. The number of halogens is 2. The molecule has 2 atom stereocenters. The van der Waals surface area contributed by atoms with Crippen molar-refractivity contribution in [2.45, 2.75) is 38.6 Å². The monoisotopic (exact) mass is 403 g/mol. The summed E-state index contributed by atoms with van der Waals surface area (Å²) in [6.45, 7) is 2.30. The van der Waals surface area contributed by atoms with Crippen molar-refractivity contribution in [3.8, 4) is 0 Å². The van der Waals surface area contributed by atoms with E-state index in [1.807, 2.05) is 44.9 Å². The van der Waals surface area contributed by atoms with Gasteiger partial charge in [0.1, 0.15) is 0 Å². The zero-order valence-corrected chi connectivity index (χ0v) is 18.8. The maximum atomic E-state index is 12.0. The molecule has 22 heavy (non-hydrogen) atoms. The molecule has 0 aliphatic heterocycles. The van der Waals surface area contributed by atoms with Crippen molar-refractivity contribution >= 4 is 31.3 Å². The molecular formula is C14H27Cl2N3O2Zn. The Labute approximate surface area is 150 Å². The van der Waals surface area contributed by atoms with Gasteiger partial charge < -0.3 is 14.5 Å². The molecule has 0 spiro atoms. The molecule has 0 aromatic rings. The number of hydrogen-bond acceptors (Lipinski definition) is 3. The third kappa shape index (κ3) is 7.98. The molecule has 0 heterocycles. The van der Waals surface area contributed by atoms with Crippen molar-refractivity contribution in [1.29, 1.82) is 0 Å². The molecule has 0 unspecified atom stereocenters. The van der Waals surface area contributed by atoms with Gasteiger partial charge in [0, 0.05) is 28.2 Å². The maximum absolute atomic E-state index is 12.0. The van der Waals surface area contributed by atoms with Gasteiger partial charge in [-0.2, -0.15) is 0 Å². The van der Waals surface area contributed by atoms with Crippen LogP contribution in [0.1, 0.15) is 32.6 Å². The Morgan fingerprint density at radius 1 is 1.18 bits per heavy atom. The summed E-state index contributed by atoms with van der Waals surface area (Å²) in [6, 6.07) is 0.0487. The molecule has 1 saturated carbocycles. The van der Waals surface area contributed by atoms with Crippen LogP contribution in [0.5, 0.6) is 0 Å². The number of guanidine groups is 1. The first-order valence-corrected chi connectivity index (χ1v) is 15.4. The average Bonchev–Trinajstić information content (AvgIpc) is 2.45. The van der Waals surface area contributed by atoms with Crippen LogP contribution >= 0.6 is 19.4 Å². The summed E-state index contributed by atoms with van der Waals surface area (Å²) < 4.78 is 5.18.